The molecule has 0 aliphatic rings. The second kappa shape index (κ2) is 5.00. The molecule has 88 valence electrons. The fraction of sp³-hybridized carbons (Fsp3) is 0.462. The number of carbonyl (C=O) groups excluding carboxylic acids is 1. The van der Waals surface area contributed by atoms with Crippen LogP contribution in [0.2, 0.25) is 0 Å². The summed E-state index contributed by atoms with van der Waals surface area (Å²) in [5.74, 6) is 0.906. The number of hydrogen-bond donors (Lipinski definition) is 0. The molecule has 16 heavy (non-hydrogen) atoms. The van der Waals surface area contributed by atoms with E-state index in [1.54, 1.807) is 19.2 Å². The van der Waals surface area contributed by atoms with Crippen LogP contribution in [0.1, 0.15) is 37.6 Å². The molecule has 3 heteroatoms. The fourth-order valence-electron chi connectivity index (χ4n) is 1.42. The molecule has 0 amide bonds. The summed E-state index contributed by atoms with van der Waals surface area (Å²) in [6.45, 7) is 6.18. The molecule has 1 rings (SSSR count). The Kier molecular flexibility index (Phi) is 4.14. The highest BCUT2D eigenvalue weighted by Gasteiger charge is 2.17. The summed E-state index contributed by atoms with van der Waals surface area (Å²) in [5, 5.41) is 0. The molecule has 0 unspecified atom stereocenters. The SMILES string of the molecule is COc1ccc(C(=O)CC(C)(C)C)cc1Br. The number of ketones is 1. The van der Waals surface area contributed by atoms with Crippen molar-refractivity contribution >= 4 is 21.7 Å². The Morgan fingerprint density at radius 3 is 2.44 bits per heavy atom. The highest BCUT2D eigenvalue weighted by atomic mass is 79.9. The van der Waals surface area contributed by atoms with Crippen LogP contribution in [-0.4, -0.2) is 12.9 Å². The average molecular weight is 285 g/mol. The number of hydrogen-bond acceptors (Lipinski definition) is 2. The number of ether oxygens (including phenoxy) is 1. The average Bonchev–Trinajstić information content (AvgIpc) is 2.15. The number of rotatable bonds is 3. The van der Waals surface area contributed by atoms with Crippen LogP contribution in [0.3, 0.4) is 0 Å². The number of carbonyl (C=O) groups is 1. The van der Waals surface area contributed by atoms with Crippen LogP contribution in [-0.2, 0) is 0 Å². The van der Waals surface area contributed by atoms with Crippen molar-refractivity contribution in [3.05, 3.63) is 28.2 Å². The zero-order chi connectivity index (χ0) is 12.3. The maximum Gasteiger partial charge on any atom is 0.163 e. The van der Waals surface area contributed by atoms with E-state index in [-0.39, 0.29) is 11.2 Å². The molecule has 0 aliphatic heterocycles. The molecule has 0 radical (unpaired) electrons. The molecule has 1 aromatic carbocycles. The van der Waals surface area contributed by atoms with Crippen LogP contribution in [0.5, 0.6) is 5.75 Å². The van der Waals surface area contributed by atoms with Gasteiger partial charge in [-0.25, -0.2) is 0 Å². The van der Waals surface area contributed by atoms with Crippen molar-refractivity contribution in [1.82, 2.24) is 0 Å². The Morgan fingerprint density at radius 2 is 2.00 bits per heavy atom. The van der Waals surface area contributed by atoms with Crippen molar-refractivity contribution in [3.63, 3.8) is 0 Å². The normalized spacial score (nSPS) is 11.3. The molecule has 0 aromatic heterocycles. The van der Waals surface area contributed by atoms with E-state index in [9.17, 15) is 4.79 Å². The van der Waals surface area contributed by atoms with Crippen LogP contribution in [0, 0.1) is 5.41 Å². The largest absolute Gasteiger partial charge is 0.496 e. The molecular weight excluding hydrogens is 268 g/mol. The number of halogens is 1. The first kappa shape index (κ1) is 13.2. The third-order valence-electron chi connectivity index (χ3n) is 2.16. The highest BCUT2D eigenvalue weighted by Crippen LogP contribution is 2.28. The second-order valence-corrected chi connectivity index (χ2v) is 5.86. The number of Topliss-reactive ketones (excluding diaryl/α,β-unsaturated/α-hetero) is 1. The third kappa shape index (κ3) is 3.63. The Bertz CT molecular complexity index is 391. The van der Waals surface area contributed by atoms with Gasteiger partial charge in [0.25, 0.3) is 0 Å². The number of benzene rings is 1. The van der Waals surface area contributed by atoms with Gasteiger partial charge in [-0.05, 0) is 39.5 Å². The van der Waals surface area contributed by atoms with Crippen molar-refractivity contribution in [2.45, 2.75) is 27.2 Å². The van der Waals surface area contributed by atoms with Gasteiger partial charge < -0.3 is 4.74 Å². The van der Waals surface area contributed by atoms with Gasteiger partial charge in [0.15, 0.2) is 5.78 Å². The van der Waals surface area contributed by atoms with Gasteiger partial charge in [-0.3, -0.25) is 4.79 Å². The zero-order valence-corrected chi connectivity index (χ0v) is 11.7. The van der Waals surface area contributed by atoms with E-state index in [1.807, 2.05) is 6.07 Å². The minimum absolute atomic E-state index is 0.0173. The van der Waals surface area contributed by atoms with Gasteiger partial charge in [0.2, 0.25) is 0 Å². The Hall–Kier alpha value is -0.830. The maximum atomic E-state index is 12.0. The van der Waals surface area contributed by atoms with Crippen LogP contribution in [0.4, 0.5) is 0 Å². The Labute approximate surface area is 105 Å². The summed E-state index contributed by atoms with van der Waals surface area (Å²) in [6.07, 6.45) is 0.547. The van der Waals surface area contributed by atoms with E-state index in [0.29, 0.717) is 6.42 Å². The highest BCUT2D eigenvalue weighted by molar-refractivity contribution is 9.10. The first-order valence-corrected chi connectivity index (χ1v) is 5.99. The Morgan fingerprint density at radius 1 is 1.38 bits per heavy atom. The van der Waals surface area contributed by atoms with Crippen LogP contribution >= 0.6 is 15.9 Å². The summed E-state index contributed by atoms with van der Waals surface area (Å²) >= 11 is 3.38. The van der Waals surface area contributed by atoms with E-state index in [4.69, 9.17) is 4.74 Å². The van der Waals surface area contributed by atoms with E-state index in [0.717, 1.165) is 15.8 Å². The quantitative estimate of drug-likeness (QED) is 0.782. The molecule has 0 heterocycles. The summed E-state index contributed by atoms with van der Waals surface area (Å²) in [6, 6.07) is 5.42. The minimum Gasteiger partial charge on any atom is -0.496 e. The molecule has 0 spiro atoms. The topological polar surface area (TPSA) is 26.3 Å². The first-order chi connectivity index (χ1) is 7.33. The van der Waals surface area contributed by atoms with Crippen LogP contribution in [0.25, 0.3) is 0 Å². The predicted octanol–water partition coefficient (Wildman–Crippen LogP) is 4.08. The molecule has 0 saturated carbocycles. The van der Waals surface area contributed by atoms with Gasteiger partial charge in [-0.15, -0.1) is 0 Å². The molecule has 0 fully saturated rings. The third-order valence-corrected chi connectivity index (χ3v) is 2.78. The van der Waals surface area contributed by atoms with Gasteiger partial charge in [0, 0.05) is 12.0 Å². The molecule has 0 aliphatic carbocycles. The monoisotopic (exact) mass is 284 g/mol. The minimum atomic E-state index is 0.0173. The lowest BCUT2D eigenvalue weighted by Gasteiger charge is -2.17. The van der Waals surface area contributed by atoms with E-state index in [2.05, 4.69) is 36.7 Å². The first-order valence-electron chi connectivity index (χ1n) is 5.20. The van der Waals surface area contributed by atoms with Crippen LogP contribution < -0.4 is 4.74 Å². The smallest absolute Gasteiger partial charge is 0.163 e. The molecule has 0 saturated heterocycles. The van der Waals surface area contributed by atoms with Crippen molar-refractivity contribution in [3.8, 4) is 5.75 Å². The van der Waals surface area contributed by atoms with Crippen molar-refractivity contribution in [1.29, 1.82) is 0 Å². The lowest BCUT2D eigenvalue weighted by Crippen LogP contribution is -2.13. The molecular formula is C13H17BrO2. The van der Waals surface area contributed by atoms with E-state index < -0.39 is 0 Å². The van der Waals surface area contributed by atoms with Gasteiger partial charge in [0.1, 0.15) is 5.75 Å². The van der Waals surface area contributed by atoms with Gasteiger partial charge in [-0.1, -0.05) is 20.8 Å². The fourth-order valence-corrected chi connectivity index (χ4v) is 1.96. The molecule has 0 N–H and O–H groups in total. The van der Waals surface area contributed by atoms with Crippen molar-refractivity contribution in [2.75, 3.05) is 7.11 Å². The lowest BCUT2D eigenvalue weighted by atomic mass is 9.88. The summed E-state index contributed by atoms with van der Waals surface area (Å²) in [4.78, 5) is 12.0. The summed E-state index contributed by atoms with van der Waals surface area (Å²) in [7, 11) is 1.61. The van der Waals surface area contributed by atoms with Crippen molar-refractivity contribution < 1.29 is 9.53 Å². The zero-order valence-electron chi connectivity index (χ0n) is 10.1. The lowest BCUT2D eigenvalue weighted by molar-refractivity contribution is 0.0940. The predicted molar refractivity (Wildman–Crippen MR) is 69.1 cm³/mol. The van der Waals surface area contributed by atoms with E-state index in [1.165, 1.54) is 0 Å². The molecule has 1 aromatic rings. The van der Waals surface area contributed by atoms with E-state index >= 15 is 0 Å². The molecule has 0 bridgehead atoms. The molecule has 0 atom stereocenters. The standard InChI is InChI=1S/C13H17BrO2/c1-13(2,3)8-11(15)9-5-6-12(16-4)10(14)7-9/h5-7H,8H2,1-4H3. The van der Waals surface area contributed by atoms with Crippen molar-refractivity contribution in [2.24, 2.45) is 5.41 Å². The maximum absolute atomic E-state index is 12.0. The summed E-state index contributed by atoms with van der Waals surface area (Å²) < 4.78 is 5.94. The second-order valence-electron chi connectivity index (χ2n) is 5.01. The number of methoxy groups -OCH3 is 1. The van der Waals surface area contributed by atoms with Gasteiger partial charge in [0.05, 0.1) is 11.6 Å². The summed E-state index contributed by atoms with van der Waals surface area (Å²) in [5.41, 5.74) is 0.742. The molecule has 2 nitrogen and oxygen atoms in total. The van der Waals surface area contributed by atoms with Gasteiger partial charge >= 0.3 is 0 Å². The van der Waals surface area contributed by atoms with Gasteiger partial charge in [-0.2, -0.15) is 0 Å². The van der Waals surface area contributed by atoms with Crippen LogP contribution in [0.15, 0.2) is 22.7 Å². The Balaban J connectivity index is 2.89.